The molecule has 196 valence electrons. The standard InChI is InChI=1S/C24H32N2O.C9H11N/c1-5-6-23(27)17-26-24(3,4)16-21-9-7-19(8-10-21)15-20-11-13-22(14-12-20)18(2)25;1-7-3-2-4-9-8(7)5-6-10-9/h5,7-14,23,26-27H,1-2,6,15-17,25H2,3-4H3;2-6,8-10H,1H3. The third-order valence-electron chi connectivity index (χ3n) is 6.84. The number of allylic oxidation sites excluding steroid dienone is 2. The predicted molar refractivity (Wildman–Crippen MR) is 158 cm³/mol. The van der Waals surface area contributed by atoms with Crippen LogP contribution in [-0.4, -0.2) is 29.3 Å². The lowest BCUT2D eigenvalue weighted by molar-refractivity contribution is 0.161. The van der Waals surface area contributed by atoms with Crippen LogP contribution < -0.4 is 16.4 Å². The van der Waals surface area contributed by atoms with Crippen LogP contribution in [0.3, 0.4) is 0 Å². The zero-order valence-electron chi connectivity index (χ0n) is 22.6. The Hall–Kier alpha value is -3.34. The lowest BCUT2D eigenvalue weighted by Gasteiger charge is -2.28. The van der Waals surface area contributed by atoms with Crippen molar-refractivity contribution in [2.45, 2.75) is 57.7 Å². The first kappa shape index (κ1) is 28.2. The zero-order chi connectivity index (χ0) is 26.8. The molecular weight excluding hydrogens is 454 g/mol. The summed E-state index contributed by atoms with van der Waals surface area (Å²) >= 11 is 0. The highest BCUT2D eigenvalue weighted by Crippen LogP contribution is 2.24. The van der Waals surface area contributed by atoms with Crippen LogP contribution in [-0.2, 0) is 12.8 Å². The molecular formula is C33H43N3O. The van der Waals surface area contributed by atoms with Crippen molar-refractivity contribution in [1.29, 1.82) is 0 Å². The second-order valence-electron chi connectivity index (χ2n) is 10.7. The lowest BCUT2D eigenvalue weighted by atomic mass is 9.90. The maximum atomic E-state index is 9.86. The van der Waals surface area contributed by atoms with Crippen molar-refractivity contribution in [2.75, 3.05) is 6.54 Å². The number of aliphatic hydroxyl groups excluding tert-OH is 1. The van der Waals surface area contributed by atoms with Gasteiger partial charge in [-0.2, -0.15) is 0 Å². The van der Waals surface area contributed by atoms with Gasteiger partial charge in [-0.05, 0) is 68.5 Å². The van der Waals surface area contributed by atoms with Crippen molar-refractivity contribution in [3.8, 4) is 0 Å². The Morgan fingerprint density at radius 2 is 1.70 bits per heavy atom. The second-order valence-corrected chi connectivity index (χ2v) is 10.7. The molecule has 3 unspecified atom stereocenters. The number of hydrogen-bond acceptors (Lipinski definition) is 4. The lowest BCUT2D eigenvalue weighted by Crippen LogP contribution is -2.45. The molecule has 0 radical (unpaired) electrons. The van der Waals surface area contributed by atoms with Crippen LogP contribution in [0.2, 0.25) is 0 Å². The van der Waals surface area contributed by atoms with Crippen LogP contribution in [0.15, 0.2) is 104 Å². The normalized spacial score (nSPS) is 18.6. The van der Waals surface area contributed by atoms with Gasteiger partial charge in [-0.3, -0.25) is 0 Å². The summed E-state index contributed by atoms with van der Waals surface area (Å²) < 4.78 is 0. The van der Waals surface area contributed by atoms with Crippen LogP contribution in [0, 0.1) is 5.92 Å². The molecule has 2 aromatic rings. The molecule has 2 aromatic carbocycles. The van der Waals surface area contributed by atoms with Crippen LogP contribution in [0.5, 0.6) is 0 Å². The molecule has 2 aliphatic rings. The van der Waals surface area contributed by atoms with E-state index in [1.807, 2.05) is 18.3 Å². The topological polar surface area (TPSA) is 70.3 Å². The summed E-state index contributed by atoms with van der Waals surface area (Å²) in [5.41, 5.74) is 12.5. The summed E-state index contributed by atoms with van der Waals surface area (Å²) in [5.74, 6) is 0.616. The summed E-state index contributed by atoms with van der Waals surface area (Å²) in [6.07, 6.45) is 14.5. The van der Waals surface area contributed by atoms with Crippen LogP contribution >= 0.6 is 0 Å². The highest BCUT2D eigenvalue weighted by molar-refractivity contribution is 5.60. The first-order valence-corrected chi connectivity index (χ1v) is 13.1. The third-order valence-corrected chi connectivity index (χ3v) is 6.84. The van der Waals surface area contributed by atoms with Crippen LogP contribution in [0.4, 0.5) is 0 Å². The Labute approximate surface area is 223 Å². The molecule has 4 nitrogen and oxygen atoms in total. The second kappa shape index (κ2) is 13.3. The summed E-state index contributed by atoms with van der Waals surface area (Å²) in [6, 6.07) is 17.5. The third kappa shape index (κ3) is 8.92. The van der Waals surface area contributed by atoms with E-state index in [1.165, 1.54) is 22.3 Å². The molecule has 0 saturated heterocycles. The Balaban J connectivity index is 0.000000313. The zero-order valence-corrected chi connectivity index (χ0v) is 22.6. The van der Waals surface area contributed by atoms with E-state index in [9.17, 15) is 5.11 Å². The van der Waals surface area contributed by atoms with Crippen molar-refractivity contribution in [2.24, 2.45) is 11.7 Å². The predicted octanol–water partition coefficient (Wildman–Crippen LogP) is 5.66. The summed E-state index contributed by atoms with van der Waals surface area (Å²) in [5, 5.41) is 16.6. The van der Waals surface area contributed by atoms with E-state index in [2.05, 4.69) is 105 Å². The van der Waals surface area contributed by atoms with E-state index in [0.29, 0.717) is 30.6 Å². The van der Waals surface area contributed by atoms with Crippen molar-refractivity contribution in [3.63, 3.8) is 0 Å². The van der Waals surface area contributed by atoms with Crippen LogP contribution in [0.25, 0.3) is 5.70 Å². The van der Waals surface area contributed by atoms with Gasteiger partial charge in [0.2, 0.25) is 0 Å². The van der Waals surface area contributed by atoms with Gasteiger partial charge in [0.15, 0.2) is 0 Å². The van der Waals surface area contributed by atoms with Crippen molar-refractivity contribution in [1.82, 2.24) is 10.6 Å². The number of β-amino-alcohol motifs (C(OH)–C–C–N with tert-alkyl or cyclic N) is 1. The largest absolute Gasteiger partial charge is 0.399 e. The van der Waals surface area contributed by atoms with E-state index in [4.69, 9.17) is 5.73 Å². The summed E-state index contributed by atoms with van der Waals surface area (Å²) in [4.78, 5) is 0. The summed E-state index contributed by atoms with van der Waals surface area (Å²) in [7, 11) is 0. The monoisotopic (exact) mass is 497 g/mol. The summed E-state index contributed by atoms with van der Waals surface area (Å²) in [6.45, 7) is 14.5. The van der Waals surface area contributed by atoms with Gasteiger partial charge in [-0.1, -0.05) is 91.1 Å². The van der Waals surface area contributed by atoms with E-state index in [-0.39, 0.29) is 11.6 Å². The average Bonchev–Trinajstić information content (AvgIpc) is 3.35. The minimum absolute atomic E-state index is 0.0792. The Bertz CT molecular complexity index is 1120. The minimum Gasteiger partial charge on any atom is -0.399 e. The fraction of sp³-hybridized carbons (Fsp3) is 0.333. The van der Waals surface area contributed by atoms with Crippen molar-refractivity contribution >= 4 is 5.70 Å². The molecule has 1 aliphatic heterocycles. The molecule has 1 heterocycles. The van der Waals surface area contributed by atoms with Gasteiger partial charge in [0.05, 0.1) is 12.1 Å². The SMILES string of the molecule is C=CCC(O)CNC(C)(C)Cc1ccc(Cc2ccc(C(=C)N)cc2)cc1.CC1=CC=CC2NC=CC12. The molecule has 5 N–H and O–H groups in total. The van der Waals surface area contributed by atoms with Gasteiger partial charge in [0.1, 0.15) is 0 Å². The number of rotatable bonds is 10. The van der Waals surface area contributed by atoms with Gasteiger partial charge >= 0.3 is 0 Å². The molecule has 0 amide bonds. The number of nitrogens with two attached hydrogens (primary N) is 1. The molecule has 3 atom stereocenters. The number of aliphatic hydroxyl groups is 1. The maximum Gasteiger partial charge on any atom is 0.0699 e. The maximum absolute atomic E-state index is 9.86. The highest BCUT2D eigenvalue weighted by Gasteiger charge is 2.22. The molecule has 37 heavy (non-hydrogen) atoms. The quantitative estimate of drug-likeness (QED) is 0.320. The Morgan fingerprint density at radius 3 is 2.30 bits per heavy atom. The van der Waals surface area contributed by atoms with E-state index in [0.717, 1.165) is 18.4 Å². The Kier molecular flexibility index (Phi) is 10.1. The average molecular weight is 498 g/mol. The Morgan fingerprint density at radius 1 is 1.08 bits per heavy atom. The first-order valence-electron chi connectivity index (χ1n) is 13.1. The van der Waals surface area contributed by atoms with E-state index < -0.39 is 0 Å². The van der Waals surface area contributed by atoms with Crippen LogP contribution in [0.1, 0.15) is 49.4 Å². The smallest absolute Gasteiger partial charge is 0.0699 e. The number of nitrogens with one attached hydrogen (secondary N) is 2. The van der Waals surface area contributed by atoms with Crippen molar-refractivity contribution in [3.05, 3.63) is 126 Å². The molecule has 0 fully saturated rings. The fourth-order valence-electron chi connectivity index (χ4n) is 4.63. The van der Waals surface area contributed by atoms with Gasteiger partial charge in [-0.15, -0.1) is 6.58 Å². The molecule has 4 rings (SSSR count). The van der Waals surface area contributed by atoms with E-state index in [1.54, 1.807) is 6.08 Å². The first-order chi connectivity index (χ1) is 17.7. The molecule has 0 aromatic heterocycles. The molecule has 0 bridgehead atoms. The van der Waals surface area contributed by atoms with Gasteiger partial charge in [0, 0.05) is 23.7 Å². The number of fused-ring (bicyclic) bond motifs is 1. The fourth-order valence-corrected chi connectivity index (χ4v) is 4.63. The molecule has 0 saturated carbocycles. The molecule has 1 aliphatic carbocycles. The number of benzene rings is 2. The van der Waals surface area contributed by atoms with Gasteiger partial charge < -0.3 is 21.5 Å². The van der Waals surface area contributed by atoms with E-state index >= 15 is 0 Å². The molecule has 4 heteroatoms. The van der Waals surface area contributed by atoms with Gasteiger partial charge in [0.25, 0.3) is 0 Å². The minimum atomic E-state index is -0.382. The van der Waals surface area contributed by atoms with Gasteiger partial charge in [-0.25, -0.2) is 0 Å². The highest BCUT2D eigenvalue weighted by atomic mass is 16.3. The molecule has 0 spiro atoms. The van der Waals surface area contributed by atoms with Crippen molar-refractivity contribution < 1.29 is 5.11 Å². The number of hydrogen-bond donors (Lipinski definition) is 4.